The molecule has 0 aliphatic carbocycles. The van der Waals surface area contributed by atoms with E-state index in [1.54, 1.807) is 11.5 Å². The Labute approximate surface area is 171 Å². The van der Waals surface area contributed by atoms with Crippen molar-refractivity contribution in [3.63, 3.8) is 0 Å². The smallest absolute Gasteiger partial charge is 0.147 e. The van der Waals surface area contributed by atoms with Crippen molar-refractivity contribution in [1.82, 2.24) is 9.27 Å². The molecule has 3 aromatic rings. The maximum atomic E-state index is 5.99. The van der Waals surface area contributed by atoms with E-state index in [1.165, 1.54) is 53.6 Å². The van der Waals surface area contributed by atoms with Gasteiger partial charge < -0.3 is 10.1 Å². The monoisotopic (exact) mass is 395 g/mol. The van der Waals surface area contributed by atoms with Crippen LogP contribution in [0.1, 0.15) is 36.8 Å². The lowest BCUT2D eigenvalue weighted by atomic mass is 10.1. The predicted molar refractivity (Wildman–Crippen MR) is 119 cm³/mol. The first-order valence-electron chi connectivity index (χ1n) is 10.3. The van der Waals surface area contributed by atoms with E-state index in [9.17, 15) is 0 Å². The number of nitrogens with zero attached hydrogens (tertiary/aromatic N) is 2. The lowest BCUT2D eigenvalue weighted by Crippen LogP contribution is -2.29. The molecule has 0 radical (unpaired) electrons. The molecule has 4 rings (SSSR count). The molecule has 0 atom stereocenters. The Morgan fingerprint density at radius 1 is 1.11 bits per heavy atom. The summed E-state index contributed by atoms with van der Waals surface area (Å²) in [4.78, 5) is 2.55. The highest BCUT2D eigenvalue weighted by Gasteiger charge is 2.10. The minimum atomic E-state index is 0.710. The number of fused-ring (bicyclic) bond motifs is 1. The number of anilines is 1. The number of hydrogen-bond acceptors (Lipinski definition) is 5. The molecule has 1 aromatic heterocycles. The van der Waals surface area contributed by atoms with Crippen molar-refractivity contribution in [1.29, 1.82) is 0 Å². The summed E-state index contributed by atoms with van der Waals surface area (Å²) >= 11 is 1.55. The quantitative estimate of drug-likeness (QED) is 0.513. The van der Waals surface area contributed by atoms with Crippen LogP contribution in [0.4, 0.5) is 5.82 Å². The Kier molecular flexibility index (Phi) is 6.45. The van der Waals surface area contributed by atoms with Crippen molar-refractivity contribution in [2.24, 2.45) is 0 Å². The van der Waals surface area contributed by atoms with Gasteiger partial charge in [0, 0.05) is 18.5 Å². The van der Waals surface area contributed by atoms with Gasteiger partial charge in [-0.25, -0.2) is 0 Å². The molecule has 4 nitrogen and oxygen atoms in total. The third-order valence-corrected chi connectivity index (χ3v) is 6.09. The van der Waals surface area contributed by atoms with Gasteiger partial charge in [-0.1, -0.05) is 30.2 Å². The van der Waals surface area contributed by atoms with Gasteiger partial charge in [0.1, 0.15) is 11.6 Å². The third-order valence-electron chi connectivity index (χ3n) is 5.26. The van der Waals surface area contributed by atoms with Crippen molar-refractivity contribution >= 4 is 27.4 Å². The van der Waals surface area contributed by atoms with Gasteiger partial charge in [0.2, 0.25) is 0 Å². The summed E-state index contributed by atoms with van der Waals surface area (Å²) < 4.78 is 11.8. The Balaban J connectivity index is 1.22. The highest BCUT2D eigenvalue weighted by molar-refractivity contribution is 7.13. The number of aryl methyl sites for hydroxylation is 1. The average Bonchev–Trinajstić information content (AvgIpc) is 3.11. The number of piperidine rings is 1. The van der Waals surface area contributed by atoms with Gasteiger partial charge in [-0.05, 0) is 80.6 Å². The minimum Gasteiger partial charge on any atom is -0.494 e. The van der Waals surface area contributed by atoms with Crippen LogP contribution >= 0.6 is 11.5 Å². The SMILES string of the molecule is Cc1ccc2snc(NCCCOc3cccc(CN4CCCCC4)c3)c2c1. The molecule has 1 aliphatic heterocycles. The van der Waals surface area contributed by atoms with E-state index >= 15 is 0 Å². The zero-order valence-corrected chi connectivity index (χ0v) is 17.4. The fourth-order valence-electron chi connectivity index (χ4n) is 3.76. The van der Waals surface area contributed by atoms with Crippen molar-refractivity contribution in [2.45, 2.75) is 39.2 Å². The second-order valence-electron chi connectivity index (χ2n) is 7.64. The number of hydrogen-bond donors (Lipinski definition) is 1. The van der Waals surface area contributed by atoms with Crippen LogP contribution in [0.5, 0.6) is 5.75 Å². The van der Waals surface area contributed by atoms with E-state index in [0.29, 0.717) is 6.61 Å². The van der Waals surface area contributed by atoms with Gasteiger partial charge in [0.05, 0.1) is 11.3 Å². The molecular weight excluding hydrogens is 366 g/mol. The van der Waals surface area contributed by atoms with Gasteiger partial charge in [-0.3, -0.25) is 4.90 Å². The van der Waals surface area contributed by atoms with Crippen LogP contribution in [0.2, 0.25) is 0 Å². The van der Waals surface area contributed by atoms with Gasteiger partial charge >= 0.3 is 0 Å². The highest BCUT2D eigenvalue weighted by atomic mass is 32.1. The summed E-state index contributed by atoms with van der Waals surface area (Å²) in [5.74, 6) is 1.97. The molecule has 0 spiro atoms. The van der Waals surface area contributed by atoms with Gasteiger partial charge in [0.15, 0.2) is 0 Å². The van der Waals surface area contributed by atoms with Crippen LogP contribution in [0.15, 0.2) is 42.5 Å². The second-order valence-corrected chi connectivity index (χ2v) is 8.45. The molecule has 2 aromatic carbocycles. The van der Waals surface area contributed by atoms with Crippen molar-refractivity contribution in [3.8, 4) is 5.75 Å². The van der Waals surface area contributed by atoms with Crippen molar-refractivity contribution in [3.05, 3.63) is 53.6 Å². The summed E-state index contributed by atoms with van der Waals surface area (Å²) in [6.07, 6.45) is 4.99. The fourth-order valence-corrected chi connectivity index (χ4v) is 4.49. The Bertz CT molecular complexity index is 902. The number of benzene rings is 2. The summed E-state index contributed by atoms with van der Waals surface area (Å²) in [6, 6.07) is 15.0. The summed E-state index contributed by atoms with van der Waals surface area (Å²) in [6.45, 7) is 7.17. The largest absolute Gasteiger partial charge is 0.494 e. The zero-order valence-electron chi connectivity index (χ0n) is 16.6. The molecule has 0 amide bonds. The first-order chi connectivity index (χ1) is 13.8. The van der Waals surface area contributed by atoms with Crippen LogP contribution in [0, 0.1) is 6.92 Å². The predicted octanol–water partition coefficient (Wildman–Crippen LogP) is 5.47. The number of aromatic nitrogens is 1. The van der Waals surface area contributed by atoms with E-state index in [1.807, 2.05) is 0 Å². The molecular formula is C23H29N3OS. The average molecular weight is 396 g/mol. The number of ether oxygens (including phenoxy) is 1. The molecule has 1 fully saturated rings. The molecule has 1 aliphatic rings. The van der Waals surface area contributed by atoms with Crippen LogP contribution in [0.25, 0.3) is 10.1 Å². The van der Waals surface area contributed by atoms with Crippen LogP contribution in [0.3, 0.4) is 0 Å². The Morgan fingerprint density at radius 3 is 2.89 bits per heavy atom. The molecule has 0 unspecified atom stereocenters. The van der Waals surface area contributed by atoms with Crippen LogP contribution in [-0.2, 0) is 6.54 Å². The standard InChI is InChI=1S/C23H29N3OS/c1-18-9-10-22-21(15-18)23(25-28-22)24-11-6-14-27-20-8-5-7-19(16-20)17-26-12-3-2-4-13-26/h5,7-10,15-16H,2-4,6,11-14,17H2,1H3,(H,24,25). The van der Waals surface area contributed by atoms with E-state index < -0.39 is 0 Å². The Morgan fingerprint density at radius 2 is 2.00 bits per heavy atom. The lowest BCUT2D eigenvalue weighted by Gasteiger charge is -2.26. The first kappa shape index (κ1) is 19.2. The molecule has 148 valence electrons. The van der Waals surface area contributed by atoms with E-state index in [4.69, 9.17) is 4.74 Å². The molecule has 28 heavy (non-hydrogen) atoms. The zero-order chi connectivity index (χ0) is 19.2. The van der Waals surface area contributed by atoms with Crippen molar-refractivity contribution < 1.29 is 4.74 Å². The second kappa shape index (κ2) is 9.39. The molecule has 5 heteroatoms. The number of rotatable bonds is 8. The third kappa shape index (κ3) is 5.03. The fraction of sp³-hybridized carbons (Fsp3) is 0.435. The summed E-state index contributed by atoms with van der Waals surface area (Å²) in [7, 11) is 0. The molecule has 1 saturated heterocycles. The van der Waals surface area contributed by atoms with Crippen molar-refractivity contribution in [2.75, 3.05) is 31.6 Å². The minimum absolute atomic E-state index is 0.710. The lowest BCUT2D eigenvalue weighted by molar-refractivity contribution is 0.220. The summed E-state index contributed by atoms with van der Waals surface area (Å²) in [5.41, 5.74) is 2.62. The maximum absolute atomic E-state index is 5.99. The number of nitrogens with one attached hydrogen (secondary N) is 1. The summed E-state index contributed by atoms with van der Waals surface area (Å²) in [5, 5.41) is 4.68. The highest BCUT2D eigenvalue weighted by Crippen LogP contribution is 2.27. The van der Waals surface area contributed by atoms with Gasteiger partial charge in [-0.2, -0.15) is 4.37 Å². The van der Waals surface area contributed by atoms with E-state index in [2.05, 4.69) is 64.0 Å². The molecule has 2 heterocycles. The van der Waals surface area contributed by atoms with Crippen LogP contribution < -0.4 is 10.1 Å². The molecule has 1 N–H and O–H groups in total. The maximum Gasteiger partial charge on any atom is 0.147 e. The molecule has 0 bridgehead atoms. The first-order valence-corrected chi connectivity index (χ1v) is 11.1. The van der Waals surface area contributed by atoms with Crippen LogP contribution in [-0.4, -0.2) is 35.5 Å². The van der Waals surface area contributed by atoms with E-state index in [0.717, 1.165) is 31.1 Å². The topological polar surface area (TPSA) is 37.4 Å². The van der Waals surface area contributed by atoms with Gasteiger partial charge in [0.25, 0.3) is 0 Å². The normalized spacial score (nSPS) is 15.0. The number of likely N-dealkylation sites (tertiary alicyclic amines) is 1. The molecule has 0 saturated carbocycles. The Hall–Kier alpha value is -2.11. The van der Waals surface area contributed by atoms with Gasteiger partial charge in [-0.15, -0.1) is 0 Å². The van der Waals surface area contributed by atoms with E-state index in [-0.39, 0.29) is 0 Å².